The van der Waals surface area contributed by atoms with Gasteiger partial charge in [0.25, 0.3) is 5.91 Å². The third-order valence-electron chi connectivity index (χ3n) is 3.89. The molecular weight excluding hydrogens is 254 g/mol. The smallest absolute Gasteiger partial charge is 0.335 e. The number of aromatic carboxylic acids is 1. The monoisotopic (exact) mass is 275 g/mol. The lowest BCUT2D eigenvalue weighted by molar-refractivity contribution is 0.0650. The summed E-state index contributed by atoms with van der Waals surface area (Å²) in [5, 5.41) is 9.10. The Bertz CT molecular complexity index is 563. The highest BCUT2D eigenvalue weighted by Gasteiger charge is 2.39. The summed E-state index contributed by atoms with van der Waals surface area (Å²) in [5.41, 5.74) is 1.24. The van der Waals surface area contributed by atoms with E-state index in [9.17, 15) is 9.59 Å². The van der Waals surface area contributed by atoms with Crippen LogP contribution in [-0.4, -0.2) is 34.0 Å². The number of benzene rings is 1. The molecule has 4 heteroatoms. The van der Waals surface area contributed by atoms with Crippen LogP contribution in [0.5, 0.6) is 0 Å². The zero-order chi connectivity index (χ0) is 15.1. The fourth-order valence-electron chi connectivity index (χ4n) is 3.13. The maximum Gasteiger partial charge on any atom is 0.335 e. The van der Waals surface area contributed by atoms with E-state index in [4.69, 9.17) is 5.11 Å². The molecule has 1 atom stereocenters. The number of carboxylic acid groups (broad SMARTS) is 1. The lowest BCUT2D eigenvalue weighted by atomic mass is 9.97. The average Bonchev–Trinajstić information content (AvgIpc) is 2.60. The van der Waals surface area contributed by atoms with Gasteiger partial charge in [-0.05, 0) is 56.9 Å². The van der Waals surface area contributed by atoms with Crippen molar-refractivity contribution in [3.05, 3.63) is 34.9 Å². The van der Waals surface area contributed by atoms with E-state index in [-0.39, 0.29) is 17.0 Å². The molecule has 1 saturated heterocycles. The van der Waals surface area contributed by atoms with Crippen molar-refractivity contribution in [1.29, 1.82) is 0 Å². The third-order valence-corrected chi connectivity index (χ3v) is 3.89. The summed E-state index contributed by atoms with van der Waals surface area (Å²) in [6.07, 6.45) is 0.969. The second-order valence-electron chi connectivity index (χ2n) is 6.43. The molecule has 1 amide bonds. The van der Waals surface area contributed by atoms with Gasteiger partial charge in [0.15, 0.2) is 0 Å². The number of carboxylic acids is 1. The van der Waals surface area contributed by atoms with E-state index in [1.165, 1.54) is 6.07 Å². The van der Waals surface area contributed by atoms with Crippen LogP contribution in [0.2, 0.25) is 0 Å². The van der Waals surface area contributed by atoms with Crippen LogP contribution in [-0.2, 0) is 0 Å². The summed E-state index contributed by atoms with van der Waals surface area (Å²) < 4.78 is 0. The summed E-state index contributed by atoms with van der Waals surface area (Å²) >= 11 is 0. The Morgan fingerprint density at radius 3 is 2.35 bits per heavy atom. The number of hydrogen-bond acceptors (Lipinski definition) is 2. The standard InChI is InChI=1S/C16H21NO3/c1-10-5-12(7-13(6-10)15(19)20)14(18)17-9-11(2)8-16(17,3)4/h5-7,11H,8-9H2,1-4H3,(H,19,20). The first kappa shape index (κ1) is 14.6. The van der Waals surface area contributed by atoms with Crippen LogP contribution >= 0.6 is 0 Å². The van der Waals surface area contributed by atoms with Crippen molar-refractivity contribution in [1.82, 2.24) is 4.90 Å². The number of rotatable bonds is 2. The fourth-order valence-corrected chi connectivity index (χ4v) is 3.13. The largest absolute Gasteiger partial charge is 0.478 e. The van der Waals surface area contributed by atoms with E-state index in [0.29, 0.717) is 11.5 Å². The van der Waals surface area contributed by atoms with Gasteiger partial charge in [-0.15, -0.1) is 0 Å². The fraction of sp³-hybridized carbons (Fsp3) is 0.500. The maximum atomic E-state index is 12.7. The minimum absolute atomic E-state index is 0.0782. The molecule has 1 aliphatic heterocycles. The van der Waals surface area contributed by atoms with Crippen LogP contribution in [0.3, 0.4) is 0 Å². The minimum atomic E-state index is -1.00. The number of carbonyl (C=O) groups is 2. The molecule has 108 valence electrons. The van der Waals surface area contributed by atoms with Crippen molar-refractivity contribution in [3.8, 4) is 0 Å². The Balaban J connectivity index is 2.37. The van der Waals surface area contributed by atoms with Gasteiger partial charge in [-0.2, -0.15) is 0 Å². The molecule has 0 radical (unpaired) electrons. The number of aryl methyl sites for hydroxylation is 1. The molecule has 1 heterocycles. The molecule has 1 N–H and O–H groups in total. The molecule has 0 aromatic heterocycles. The van der Waals surface area contributed by atoms with Gasteiger partial charge < -0.3 is 10.0 Å². The summed E-state index contributed by atoms with van der Waals surface area (Å²) in [6, 6.07) is 4.81. The normalized spacial score (nSPS) is 21.0. The average molecular weight is 275 g/mol. The lowest BCUT2D eigenvalue weighted by Crippen LogP contribution is -2.42. The maximum absolute atomic E-state index is 12.7. The summed E-state index contributed by atoms with van der Waals surface area (Å²) in [6.45, 7) is 8.78. The van der Waals surface area contributed by atoms with Crippen LogP contribution in [0.15, 0.2) is 18.2 Å². The molecule has 0 saturated carbocycles. The van der Waals surface area contributed by atoms with Gasteiger partial charge in [0.1, 0.15) is 0 Å². The first-order chi connectivity index (χ1) is 9.20. The number of amides is 1. The van der Waals surface area contributed by atoms with Gasteiger partial charge in [-0.1, -0.05) is 6.92 Å². The highest BCUT2D eigenvalue weighted by Crippen LogP contribution is 2.33. The number of hydrogen-bond donors (Lipinski definition) is 1. The molecule has 0 bridgehead atoms. The summed E-state index contributed by atoms with van der Waals surface area (Å²) in [7, 11) is 0. The second kappa shape index (κ2) is 4.93. The summed E-state index contributed by atoms with van der Waals surface area (Å²) in [5.74, 6) is -0.611. The molecule has 1 aliphatic rings. The van der Waals surface area contributed by atoms with E-state index in [1.807, 2.05) is 4.90 Å². The molecule has 20 heavy (non-hydrogen) atoms. The first-order valence-corrected chi connectivity index (χ1v) is 6.87. The number of carbonyl (C=O) groups excluding carboxylic acids is 1. The van der Waals surface area contributed by atoms with Crippen LogP contribution < -0.4 is 0 Å². The first-order valence-electron chi connectivity index (χ1n) is 6.87. The van der Waals surface area contributed by atoms with Gasteiger partial charge in [0.05, 0.1) is 5.56 Å². The Labute approximate surface area is 119 Å². The van der Waals surface area contributed by atoms with Gasteiger partial charge in [-0.3, -0.25) is 4.79 Å². The zero-order valence-electron chi connectivity index (χ0n) is 12.4. The molecule has 0 aliphatic carbocycles. The van der Waals surface area contributed by atoms with Gasteiger partial charge >= 0.3 is 5.97 Å². The Morgan fingerprint density at radius 1 is 1.25 bits per heavy atom. The van der Waals surface area contributed by atoms with Crippen molar-refractivity contribution in [2.24, 2.45) is 5.92 Å². The molecule has 1 fully saturated rings. The predicted molar refractivity (Wildman–Crippen MR) is 77.0 cm³/mol. The molecular formula is C16H21NO3. The van der Waals surface area contributed by atoms with Crippen molar-refractivity contribution < 1.29 is 14.7 Å². The summed E-state index contributed by atoms with van der Waals surface area (Å²) in [4.78, 5) is 25.6. The minimum Gasteiger partial charge on any atom is -0.478 e. The van der Waals surface area contributed by atoms with E-state index in [0.717, 1.165) is 18.5 Å². The Kier molecular flexibility index (Phi) is 3.59. The highest BCUT2D eigenvalue weighted by molar-refractivity contribution is 5.98. The van der Waals surface area contributed by atoms with Crippen molar-refractivity contribution in [2.45, 2.75) is 39.7 Å². The van der Waals surface area contributed by atoms with Gasteiger partial charge in [0, 0.05) is 17.6 Å². The van der Waals surface area contributed by atoms with Crippen molar-refractivity contribution >= 4 is 11.9 Å². The van der Waals surface area contributed by atoms with Gasteiger partial charge in [-0.25, -0.2) is 4.79 Å². The molecule has 1 unspecified atom stereocenters. The molecule has 2 rings (SSSR count). The third kappa shape index (κ3) is 2.69. The van der Waals surface area contributed by atoms with Gasteiger partial charge in [0.2, 0.25) is 0 Å². The van der Waals surface area contributed by atoms with E-state index in [2.05, 4.69) is 20.8 Å². The topological polar surface area (TPSA) is 57.6 Å². The number of nitrogens with zero attached hydrogens (tertiary/aromatic N) is 1. The quantitative estimate of drug-likeness (QED) is 0.902. The molecule has 4 nitrogen and oxygen atoms in total. The second-order valence-corrected chi connectivity index (χ2v) is 6.43. The Morgan fingerprint density at radius 2 is 1.85 bits per heavy atom. The predicted octanol–water partition coefficient (Wildman–Crippen LogP) is 2.95. The SMILES string of the molecule is Cc1cc(C(=O)O)cc(C(=O)N2CC(C)CC2(C)C)c1. The van der Waals surface area contributed by atoms with Crippen molar-refractivity contribution in [2.75, 3.05) is 6.54 Å². The Hall–Kier alpha value is -1.84. The van der Waals surface area contributed by atoms with E-state index < -0.39 is 5.97 Å². The van der Waals surface area contributed by atoms with E-state index >= 15 is 0 Å². The van der Waals surface area contributed by atoms with Crippen LogP contribution in [0.25, 0.3) is 0 Å². The molecule has 1 aromatic rings. The number of likely N-dealkylation sites (tertiary alicyclic amines) is 1. The lowest BCUT2D eigenvalue weighted by Gasteiger charge is -2.31. The van der Waals surface area contributed by atoms with Crippen LogP contribution in [0.4, 0.5) is 0 Å². The zero-order valence-corrected chi connectivity index (χ0v) is 12.4. The highest BCUT2D eigenvalue weighted by atomic mass is 16.4. The van der Waals surface area contributed by atoms with E-state index in [1.54, 1.807) is 19.1 Å². The molecule has 1 aromatic carbocycles. The molecule has 0 spiro atoms. The van der Waals surface area contributed by atoms with Crippen LogP contribution in [0, 0.1) is 12.8 Å². The van der Waals surface area contributed by atoms with Crippen molar-refractivity contribution in [3.63, 3.8) is 0 Å². The van der Waals surface area contributed by atoms with Crippen LogP contribution in [0.1, 0.15) is 53.5 Å².